The maximum Gasteiger partial charge on any atom is 0.128 e. The summed E-state index contributed by atoms with van der Waals surface area (Å²) in [4.78, 5) is 9.11. The average molecular weight is 401 g/mol. The Kier molecular flexibility index (Phi) is 3.98. The van der Waals surface area contributed by atoms with Gasteiger partial charge in [-0.25, -0.2) is 9.97 Å². The molecule has 0 aliphatic rings. The van der Waals surface area contributed by atoms with Crippen molar-refractivity contribution in [1.29, 1.82) is 0 Å². The van der Waals surface area contributed by atoms with Crippen LogP contribution in [0.5, 0.6) is 0 Å². The molecule has 3 rings (SSSR count). The second-order valence-corrected chi connectivity index (χ2v) is 6.26. The monoisotopic (exact) mass is 400 g/mol. The molecule has 0 aliphatic carbocycles. The standard InChI is InChI=1S/C14H14ClIN4/c1-19-7-6-17-14(19)9-20-12-3-2-10(16)8-11(12)18-13(20)4-5-15/h2-3,6-8H,4-5,9H2,1H3. The second-order valence-electron chi connectivity index (χ2n) is 4.64. The van der Waals surface area contributed by atoms with Gasteiger partial charge in [-0.1, -0.05) is 0 Å². The summed E-state index contributed by atoms with van der Waals surface area (Å²) in [5.74, 6) is 2.60. The molecule has 0 saturated carbocycles. The molecule has 0 radical (unpaired) electrons. The topological polar surface area (TPSA) is 35.6 Å². The highest BCUT2D eigenvalue weighted by molar-refractivity contribution is 14.1. The van der Waals surface area contributed by atoms with Gasteiger partial charge in [0, 0.05) is 35.3 Å². The first-order chi connectivity index (χ1) is 9.69. The van der Waals surface area contributed by atoms with E-state index in [-0.39, 0.29) is 0 Å². The molecule has 0 N–H and O–H groups in total. The zero-order valence-electron chi connectivity index (χ0n) is 11.1. The molecule has 2 heterocycles. The number of hydrogen-bond donors (Lipinski definition) is 0. The molecular weight excluding hydrogens is 387 g/mol. The summed E-state index contributed by atoms with van der Waals surface area (Å²) in [6.07, 6.45) is 4.54. The van der Waals surface area contributed by atoms with Gasteiger partial charge < -0.3 is 9.13 Å². The van der Waals surface area contributed by atoms with Gasteiger partial charge in [-0.15, -0.1) is 11.6 Å². The molecule has 0 amide bonds. The van der Waals surface area contributed by atoms with Crippen LogP contribution in [0, 0.1) is 3.57 Å². The summed E-state index contributed by atoms with van der Waals surface area (Å²) in [7, 11) is 2.01. The molecule has 20 heavy (non-hydrogen) atoms. The lowest BCUT2D eigenvalue weighted by Gasteiger charge is -2.08. The number of benzene rings is 1. The highest BCUT2D eigenvalue weighted by atomic mass is 127. The third-order valence-corrected chi connectivity index (χ3v) is 4.19. The van der Waals surface area contributed by atoms with Gasteiger partial charge >= 0.3 is 0 Å². The van der Waals surface area contributed by atoms with Gasteiger partial charge in [0.15, 0.2) is 0 Å². The molecular formula is C14H14ClIN4. The van der Waals surface area contributed by atoms with E-state index in [1.54, 1.807) is 0 Å². The molecule has 0 spiro atoms. The SMILES string of the molecule is Cn1ccnc1Cn1c(CCCl)nc2cc(I)ccc21. The van der Waals surface area contributed by atoms with Crippen LogP contribution in [0.1, 0.15) is 11.6 Å². The van der Waals surface area contributed by atoms with Crippen molar-refractivity contribution < 1.29 is 0 Å². The number of alkyl halides is 1. The normalized spacial score (nSPS) is 11.3. The van der Waals surface area contributed by atoms with Crippen LogP contribution < -0.4 is 0 Å². The van der Waals surface area contributed by atoms with Crippen molar-refractivity contribution in [3.63, 3.8) is 0 Å². The summed E-state index contributed by atoms with van der Waals surface area (Å²) in [5.41, 5.74) is 2.15. The Labute approximate surface area is 135 Å². The summed E-state index contributed by atoms with van der Waals surface area (Å²) >= 11 is 8.21. The summed E-state index contributed by atoms with van der Waals surface area (Å²) in [6, 6.07) is 6.32. The summed E-state index contributed by atoms with van der Waals surface area (Å²) < 4.78 is 5.42. The largest absolute Gasteiger partial charge is 0.337 e. The molecule has 0 saturated heterocycles. The Bertz CT molecular complexity index is 747. The predicted molar refractivity (Wildman–Crippen MR) is 89.2 cm³/mol. The minimum atomic E-state index is 0.570. The highest BCUT2D eigenvalue weighted by Crippen LogP contribution is 2.20. The number of nitrogens with zero attached hydrogens (tertiary/aromatic N) is 4. The van der Waals surface area contributed by atoms with Crippen LogP contribution in [0.25, 0.3) is 11.0 Å². The maximum absolute atomic E-state index is 5.90. The predicted octanol–water partition coefficient (Wildman–Crippen LogP) is 3.20. The number of aromatic nitrogens is 4. The van der Waals surface area contributed by atoms with Gasteiger partial charge in [0.1, 0.15) is 11.6 Å². The highest BCUT2D eigenvalue weighted by Gasteiger charge is 2.12. The molecule has 0 fully saturated rings. The van der Waals surface area contributed by atoms with Crippen molar-refractivity contribution in [1.82, 2.24) is 19.1 Å². The van der Waals surface area contributed by atoms with Crippen molar-refractivity contribution in [2.24, 2.45) is 7.05 Å². The average Bonchev–Trinajstić information content (AvgIpc) is 2.96. The zero-order chi connectivity index (χ0) is 14.1. The summed E-state index contributed by atoms with van der Waals surface area (Å²) in [5, 5.41) is 0. The van der Waals surface area contributed by atoms with Crippen molar-refractivity contribution >= 4 is 45.2 Å². The van der Waals surface area contributed by atoms with Crippen LogP contribution in [0.2, 0.25) is 0 Å². The van der Waals surface area contributed by atoms with E-state index in [0.29, 0.717) is 12.4 Å². The Morgan fingerprint density at radius 2 is 2.15 bits per heavy atom. The van der Waals surface area contributed by atoms with Crippen LogP contribution >= 0.6 is 34.2 Å². The first kappa shape index (κ1) is 13.9. The first-order valence-corrected chi connectivity index (χ1v) is 7.97. The number of imidazole rings is 2. The Morgan fingerprint density at radius 1 is 1.30 bits per heavy atom. The fraction of sp³-hybridized carbons (Fsp3) is 0.286. The fourth-order valence-electron chi connectivity index (χ4n) is 2.29. The Morgan fingerprint density at radius 3 is 2.85 bits per heavy atom. The van der Waals surface area contributed by atoms with E-state index in [9.17, 15) is 0 Å². The minimum absolute atomic E-state index is 0.570. The lowest BCUT2D eigenvalue weighted by molar-refractivity contribution is 0.682. The van der Waals surface area contributed by atoms with Crippen LogP contribution in [0.15, 0.2) is 30.6 Å². The molecule has 6 heteroatoms. The number of halogens is 2. The number of fused-ring (bicyclic) bond motifs is 1. The molecule has 3 aromatic rings. The van der Waals surface area contributed by atoms with E-state index >= 15 is 0 Å². The second kappa shape index (κ2) is 5.73. The van der Waals surface area contributed by atoms with Crippen molar-refractivity contribution in [2.45, 2.75) is 13.0 Å². The smallest absolute Gasteiger partial charge is 0.128 e. The van der Waals surface area contributed by atoms with Gasteiger partial charge in [0.25, 0.3) is 0 Å². The van der Waals surface area contributed by atoms with Crippen LogP contribution in [0.4, 0.5) is 0 Å². The quantitative estimate of drug-likeness (QED) is 0.498. The maximum atomic E-state index is 5.90. The third kappa shape index (κ3) is 2.56. The van der Waals surface area contributed by atoms with E-state index < -0.39 is 0 Å². The molecule has 4 nitrogen and oxygen atoms in total. The van der Waals surface area contributed by atoms with Gasteiger partial charge in [0.2, 0.25) is 0 Å². The Hall–Kier alpha value is -1.08. The van der Waals surface area contributed by atoms with E-state index in [1.807, 2.05) is 24.0 Å². The van der Waals surface area contributed by atoms with E-state index in [4.69, 9.17) is 16.6 Å². The zero-order valence-corrected chi connectivity index (χ0v) is 14.0. The van der Waals surface area contributed by atoms with Crippen LogP contribution in [-0.2, 0) is 20.0 Å². The molecule has 1 aromatic carbocycles. The Balaban J connectivity index is 2.11. The molecule has 0 atom stereocenters. The van der Waals surface area contributed by atoms with E-state index in [0.717, 1.165) is 29.1 Å². The number of rotatable bonds is 4. The van der Waals surface area contributed by atoms with Gasteiger partial charge in [-0.3, -0.25) is 0 Å². The lowest BCUT2D eigenvalue weighted by Crippen LogP contribution is -2.09. The van der Waals surface area contributed by atoms with Crippen molar-refractivity contribution in [3.8, 4) is 0 Å². The molecule has 2 aromatic heterocycles. The lowest BCUT2D eigenvalue weighted by atomic mass is 10.3. The first-order valence-electron chi connectivity index (χ1n) is 6.36. The summed E-state index contributed by atoms with van der Waals surface area (Å²) in [6.45, 7) is 0.715. The van der Waals surface area contributed by atoms with Gasteiger partial charge in [-0.05, 0) is 40.8 Å². The number of aryl methyl sites for hydroxylation is 2. The van der Waals surface area contributed by atoms with Crippen LogP contribution in [-0.4, -0.2) is 25.0 Å². The number of hydrogen-bond acceptors (Lipinski definition) is 2. The molecule has 0 aliphatic heterocycles. The van der Waals surface area contributed by atoms with E-state index in [2.05, 4.69) is 50.3 Å². The molecule has 104 valence electrons. The van der Waals surface area contributed by atoms with Crippen molar-refractivity contribution in [2.75, 3.05) is 5.88 Å². The van der Waals surface area contributed by atoms with Crippen LogP contribution in [0.3, 0.4) is 0 Å². The minimum Gasteiger partial charge on any atom is -0.337 e. The fourth-order valence-corrected chi connectivity index (χ4v) is 2.94. The molecule has 0 bridgehead atoms. The van der Waals surface area contributed by atoms with Gasteiger partial charge in [-0.2, -0.15) is 0 Å². The van der Waals surface area contributed by atoms with E-state index in [1.165, 1.54) is 3.57 Å². The molecule has 0 unspecified atom stereocenters. The van der Waals surface area contributed by atoms with Gasteiger partial charge in [0.05, 0.1) is 17.6 Å². The van der Waals surface area contributed by atoms with Crippen molar-refractivity contribution in [3.05, 3.63) is 45.8 Å². The third-order valence-electron chi connectivity index (χ3n) is 3.33.